The van der Waals surface area contributed by atoms with Crippen molar-refractivity contribution >= 4 is 11.3 Å². The van der Waals surface area contributed by atoms with Crippen molar-refractivity contribution in [2.45, 2.75) is 0 Å². The van der Waals surface area contributed by atoms with Crippen LogP contribution < -0.4 is 0 Å². The van der Waals surface area contributed by atoms with Gasteiger partial charge in [-0.25, -0.2) is 8.78 Å². The maximum absolute atomic E-state index is 13.2. The molecule has 0 saturated carbocycles. The van der Waals surface area contributed by atoms with Crippen LogP contribution in [0.4, 0.5) is 8.78 Å². The van der Waals surface area contributed by atoms with Crippen LogP contribution in [0.15, 0.2) is 29.6 Å². The lowest BCUT2D eigenvalue weighted by atomic mass is 10.1. The minimum atomic E-state index is -0.555. The molecule has 2 rings (SSSR count). The molecule has 1 radical (unpaired) electrons. The summed E-state index contributed by atoms with van der Waals surface area (Å²) in [6.45, 7) is 0. The summed E-state index contributed by atoms with van der Waals surface area (Å²) in [5.74, 6) is -1.09. The van der Waals surface area contributed by atoms with Crippen molar-refractivity contribution in [3.05, 3.63) is 46.7 Å². The highest BCUT2D eigenvalue weighted by Crippen LogP contribution is 2.24. The molecule has 0 aliphatic heterocycles. The van der Waals surface area contributed by atoms with E-state index in [1.807, 2.05) is 0 Å². The fraction of sp³-hybridized carbons (Fsp3) is 0. The average Bonchev–Trinajstić information content (AvgIpc) is 2.56. The zero-order valence-corrected chi connectivity index (χ0v) is 7.37. The molecular formula is C10H5F2S. The fourth-order valence-corrected chi connectivity index (χ4v) is 1.68. The lowest BCUT2D eigenvalue weighted by molar-refractivity contribution is 0.585. The van der Waals surface area contributed by atoms with Crippen molar-refractivity contribution in [2.24, 2.45) is 0 Å². The van der Waals surface area contributed by atoms with E-state index in [2.05, 4.69) is 5.38 Å². The van der Waals surface area contributed by atoms with Crippen molar-refractivity contribution in [1.82, 2.24) is 0 Å². The molecule has 0 atom stereocenters. The van der Waals surface area contributed by atoms with E-state index in [1.165, 1.54) is 23.5 Å². The van der Waals surface area contributed by atoms with Gasteiger partial charge < -0.3 is 0 Å². The number of hydrogen-bond acceptors (Lipinski definition) is 1. The Bertz CT molecular complexity index is 407. The highest BCUT2D eigenvalue weighted by Gasteiger charge is 2.05. The molecule has 0 nitrogen and oxygen atoms in total. The summed E-state index contributed by atoms with van der Waals surface area (Å²) in [5.41, 5.74) is 1.15. The van der Waals surface area contributed by atoms with E-state index in [1.54, 1.807) is 11.4 Å². The molecule has 13 heavy (non-hydrogen) atoms. The van der Waals surface area contributed by atoms with Gasteiger partial charge in [-0.3, -0.25) is 0 Å². The third-order valence-corrected chi connectivity index (χ3v) is 2.34. The quantitative estimate of drug-likeness (QED) is 0.653. The molecule has 2 aromatic rings. The Hall–Kier alpha value is -1.22. The van der Waals surface area contributed by atoms with Crippen LogP contribution in [0.1, 0.15) is 0 Å². The van der Waals surface area contributed by atoms with Crippen LogP contribution in [-0.4, -0.2) is 0 Å². The van der Waals surface area contributed by atoms with E-state index in [0.717, 1.165) is 11.6 Å². The third-order valence-electron chi connectivity index (χ3n) is 1.71. The van der Waals surface area contributed by atoms with Gasteiger partial charge in [0.25, 0.3) is 0 Å². The van der Waals surface area contributed by atoms with Crippen molar-refractivity contribution in [3.63, 3.8) is 0 Å². The van der Waals surface area contributed by atoms with Crippen LogP contribution in [0.5, 0.6) is 0 Å². The van der Waals surface area contributed by atoms with E-state index in [9.17, 15) is 8.78 Å². The minimum absolute atomic E-state index is 0.416. The molecular weight excluding hydrogens is 190 g/mol. The number of halogens is 2. The Kier molecular flexibility index (Phi) is 2.10. The van der Waals surface area contributed by atoms with Crippen LogP contribution in [0.3, 0.4) is 0 Å². The topological polar surface area (TPSA) is 0 Å². The van der Waals surface area contributed by atoms with Gasteiger partial charge in [-0.05, 0) is 29.1 Å². The predicted octanol–water partition coefficient (Wildman–Crippen LogP) is 3.49. The molecule has 1 heterocycles. The van der Waals surface area contributed by atoms with Crippen molar-refractivity contribution in [3.8, 4) is 11.1 Å². The zero-order chi connectivity index (χ0) is 9.26. The average molecular weight is 195 g/mol. The normalized spacial score (nSPS) is 10.3. The van der Waals surface area contributed by atoms with Gasteiger partial charge in [-0.1, -0.05) is 0 Å². The lowest BCUT2D eigenvalue weighted by Gasteiger charge is -1.99. The van der Waals surface area contributed by atoms with E-state index in [4.69, 9.17) is 0 Å². The summed E-state index contributed by atoms with van der Waals surface area (Å²) in [5, 5.41) is 4.63. The maximum Gasteiger partial charge on any atom is 0.133 e. The van der Waals surface area contributed by atoms with Crippen LogP contribution in [0.2, 0.25) is 0 Å². The summed E-state index contributed by atoms with van der Waals surface area (Å²) in [6.07, 6.45) is 0. The molecule has 1 aromatic carbocycles. The zero-order valence-electron chi connectivity index (χ0n) is 6.55. The summed E-state index contributed by atoms with van der Waals surface area (Å²) in [4.78, 5) is 0. The smallest absolute Gasteiger partial charge is 0.133 e. The van der Waals surface area contributed by atoms with Gasteiger partial charge in [0.1, 0.15) is 11.6 Å². The number of rotatable bonds is 1. The van der Waals surface area contributed by atoms with Crippen LogP contribution >= 0.6 is 11.3 Å². The van der Waals surface area contributed by atoms with E-state index in [-0.39, 0.29) is 0 Å². The molecule has 0 saturated heterocycles. The van der Waals surface area contributed by atoms with Gasteiger partial charge in [0.2, 0.25) is 0 Å². The Morgan fingerprint density at radius 2 is 2.08 bits per heavy atom. The molecule has 0 unspecified atom stereocenters. The third kappa shape index (κ3) is 1.60. The first kappa shape index (κ1) is 8.38. The Morgan fingerprint density at radius 1 is 1.23 bits per heavy atom. The van der Waals surface area contributed by atoms with Crippen molar-refractivity contribution in [1.29, 1.82) is 0 Å². The Morgan fingerprint density at radius 3 is 2.69 bits per heavy atom. The van der Waals surface area contributed by atoms with Crippen molar-refractivity contribution < 1.29 is 8.78 Å². The Balaban J connectivity index is 2.53. The summed E-state index contributed by atoms with van der Waals surface area (Å²) in [6, 6.07) is 5.24. The molecule has 0 bridgehead atoms. The molecule has 1 aromatic heterocycles. The number of hydrogen-bond donors (Lipinski definition) is 0. The lowest BCUT2D eigenvalue weighted by Crippen LogP contribution is -1.83. The van der Waals surface area contributed by atoms with Gasteiger partial charge in [-0.2, -0.15) is 0 Å². The molecule has 0 fully saturated rings. The fourth-order valence-electron chi connectivity index (χ4n) is 1.09. The number of thiophene rings is 1. The predicted molar refractivity (Wildman–Crippen MR) is 48.5 cm³/mol. The monoisotopic (exact) mass is 195 g/mol. The molecule has 65 valence electrons. The minimum Gasteiger partial charge on any atom is -0.207 e. The maximum atomic E-state index is 13.2. The van der Waals surface area contributed by atoms with Crippen LogP contribution in [0, 0.1) is 17.0 Å². The summed E-state index contributed by atoms with van der Waals surface area (Å²) >= 11 is 1.36. The molecule has 0 amide bonds. The van der Waals surface area contributed by atoms with E-state index in [0.29, 0.717) is 5.56 Å². The van der Waals surface area contributed by atoms with Gasteiger partial charge >= 0.3 is 0 Å². The van der Waals surface area contributed by atoms with Crippen LogP contribution in [-0.2, 0) is 0 Å². The summed E-state index contributed by atoms with van der Waals surface area (Å²) < 4.78 is 25.7. The van der Waals surface area contributed by atoms with E-state index < -0.39 is 11.6 Å². The molecule has 3 heteroatoms. The first-order valence-corrected chi connectivity index (χ1v) is 4.55. The number of benzene rings is 1. The highest BCUT2D eigenvalue weighted by atomic mass is 32.1. The molecule has 0 spiro atoms. The second-order valence-corrected chi connectivity index (χ2v) is 3.28. The highest BCUT2D eigenvalue weighted by molar-refractivity contribution is 7.07. The largest absolute Gasteiger partial charge is 0.207 e. The van der Waals surface area contributed by atoms with Gasteiger partial charge in [-0.15, -0.1) is 11.3 Å². The first-order valence-electron chi connectivity index (χ1n) is 3.67. The molecule has 0 N–H and O–H groups in total. The second-order valence-electron chi connectivity index (χ2n) is 2.58. The Labute approximate surface area is 78.5 Å². The van der Waals surface area contributed by atoms with E-state index >= 15 is 0 Å². The van der Waals surface area contributed by atoms with Gasteiger partial charge in [0.15, 0.2) is 0 Å². The standard InChI is InChI=1S/C10H5F2S/c11-8-1-2-9(10(12)5-8)7-3-4-13-6-7/h1-3,5-6H. The molecule has 0 aliphatic rings. The van der Waals surface area contributed by atoms with Crippen LogP contribution in [0.25, 0.3) is 11.1 Å². The van der Waals surface area contributed by atoms with Gasteiger partial charge in [0.05, 0.1) is 0 Å². The second kappa shape index (κ2) is 3.26. The van der Waals surface area contributed by atoms with Gasteiger partial charge in [0, 0.05) is 17.0 Å². The summed E-state index contributed by atoms with van der Waals surface area (Å²) in [7, 11) is 0. The SMILES string of the molecule is Fc1ccc(-c2c[c]sc2)c(F)c1. The first-order chi connectivity index (χ1) is 6.27. The van der Waals surface area contributed by atoms with Crippen molar-refractivity contribution in [2.75, 3.05) is 0 Å². The molecule has 0 aliphatic carbocycles.